The highest BCUT2D eigenvalue weighted by Crippen LogP contribution is 2.45. The van der Waals surface area contributed by atoms with Gasteiger partial charge >= 0.3 is 5.97 Å². The van der Waals surface area contributed by atoms with Crippen LogP contribution in [-0.2, 0) is 14.3 Å². The fourth-order valence-electron chi connectivity index (χ4n) is 5.49. The first-order valence-corrected chi connectivity index (χ1v) is 14.7. The zero-order valence-electron chi connectivity index (χ0n) is 23.5. The Labute approximate surface area is 247 Å². The maximum atomic E-state index is 12.6. The topological polar surface area (TPSA) is 92.1 Å². The number of aromatic nitrogens is 1. The van der Waals surface area contributed by atoms with Crippen molar-refractivity contribution in [2.24, 2.45) is 4.99 Å². The first-order valence-electron chi connectivity index (χ1n) is 13.5. The van der Waals surface area contributed by atoms with Crippen LogP contribution in [0.2, 0.25) is 5.02 Å². The average Bonchev–Trinajstić information content (AvgIpc) is 3.46. The maximum Gasteiger partial charge on any atom is 0.337 e. The molecule has 6 rings (SSSR count). The van der Waals surface area contributed by atoms with Crippen molar-refractivity contribution in [3.8, 4) is 21.7 Å². The first kappa shape index (κ1) is 27.6. The molecule has 0 radical (unpaired) electrons. The van der Waals surface area contributed by atoms with Crippen LogP contribution in [0.3, 0.4) is 0 Å². The quantitative estimate of drug-likeness (QED) is 0.243. The summed E-state index contributed by atoms with van der Waals surface area (Å²) in [6.07, 6.45) is -0.629. The highest BCUT2D eigenvalue weighted by atomic mass is 35.5. The number of ether oxygens (including phenoxy) is 1. The lowest BCUT2D eigenvalue weighted by molar-refractivity contribution is -0.160. The molecule has 9 heteroatoms. The van der Waals surface area contributed by atoms with E-state index in [0.717, 1.165) is 54.4 Å². The van der Waals surface area contributed by atoms with Crippen LogP contribution in [0, 0.1) is 6.92 Å². The number of nitrogens with zero attached hydrogens (tertiary/aromatic N) is 3. The number of aliphatic imine (C=N–C) groups is 1. The molecule has 1 amide bonds. The largest absolute Gasteiger partial charge is 0.479 e. The van der Waals surface area contributed by atoms with Gasteiger partial charge in [-0.25, -0.2) is 9.78 Å². The summed E-state index contributed by atoms with van der Waals surface area (Å²) >= 11 is 7.73. The van der Waals surface area contributed by atoms with E-state index >= 15 is 0 Å². The molecule has 0 bridgehead atoms. The number of carbonyl (C=O) groups excluding carboxylic acids is 1. The number of aryl methyl sites for hydroxylation is 1. The number of thiazole rings is 1. The van der Waals surface area contributed by atoms with Crippen LogP contribution in [-0.4, -0.2) is 44.8 Å². The van der Waals surface area contributed by atoms with Gasteiger partial charge in [-0.1, -0.05) is 35.9 Å². The van der Waals surface area contributed by atoms with E-state index in [2.05, 4.69) is 12.1 Å². The lowest BCUT2D eigenvalue weighted by Gasteiger charge is -2.30. The minimum atomic E-state index is -1.18. The standard InChI is InChI=1S/C32H30ClN3O4S/c1-16-14-23-28(26(18-6-9-20(33)10-7-18)25(16)27(31(38)39)40-32(3,4)5)41-30(35-23)19-8-11-21-17(2)34-29(22(21)15-19)36-13-12-24(36)37/h6-11,14-15,17,27H,12-13H2,1-5H3,(H,38,39)/t17?,27-/m0/s1. The predicted octanol–water partition coefficient (Wildman–Crippen LogP) is 7.59. The highest BCUT2D eigenvalue weighted by Gasteiger charge is 2.35. The number of fused-ring (bicyclic) bond motifs is 2. The van der Waals surface area contributed by atoms with Crippen LogP contribution in [0.15, 0.2) is 53.5 Å². The second kappa shape index (κ2) is 10.0. The molecular formula is C32H30ClN3O4S. The second-order valence-electron chi connectivity index (χ2n) is 11.5. The van der Waals surface area contributed by atoms with Crippen molar-refractivity contribution < 1.29 is 19.4 Å². The zero-order chi connectivity index (χ0) is 29.2. The fraction of sp³-hybridized carbons (Fsp3) is 0.312. The number of carboxylic acid groups (broad SMARTS) is 1. The van der Waals surface area contributed by atoms with Gasteiger partial charge in [0.1, 0.15) is 10.8 Å². The van der Waals surface area contributed by atoms with E-state index in [-0.39, 0.29) is 11.9 Å². The Morgan fingerprint density at radius 3 is 2.46 bits per heavy atom. The van der Waals surface area contributed by atoms with Gasteiger partial charge in [-0.2, -0.15) is 0 Å². The summed E-state index contributed by atoms with van der Waals surface area (Å²) in [6, 6.07) is 15.5. The summed E-state index contributed by atoms with van der Waals surface area (Å²) in [4.78, 5) is 36.4. The summed E-state index contributed by atoms with van der Waals surface area (Å²) in [5.74, 6) is -0.229. The van der Waals surface area contributed by atoms with Crippen LogP contribution in [0.25, 0.3) is 31.9 Å². The van der Waals surface area contributed by atoms with E-state index < -0.39 is 17.7 Å². The van der Waals surface area contributed by atoms with Crippen molar-refractivity contribution in [2.75, 3.05) is 6.54 Å². The number of rotatable bonds is 5. The van der Waals surface area contributed by atoms with E-state index in [0.29, 0.717) is 23.6 Å². The Bertz CT molecular complexity index is 1750. The van der Waals surface area contributed by atoms with Gasteiger partial charge in [0.05, 0.1) is 21.9 Å². The van der Waals surface area contributed by atoms with E-state index in [1.807, 2.05) is 58.9 Å². The Balaban J connectivity index is 1.54. The summed E-state index contributed by atoms with van der Waals surface area (Å²) in [7, 11) is 0. The van der Waals surface area contributed by atoms with E-state index in [1.165, 1.54) is 11.3 Å². The first-order chi connectivity index (χ1) is 19.4. The molecule has 0 spiro atoms. The van der Waals surface area contributed by atoms with Crippen LogP contribution >= 0.6 is 22.9 Å². The smallest absolute Gasteiger partial charge is 0.337 e. The molecule has 1 saturated heterocycles. The lowest BCUT2D eigenvalue weighted by Crippen LogP contribution is -2.47. The van der Waals surface area contributed by atoms with Gasteiger partial charge in [0.15, 0.2) is 6.10 Å². The predicted molar refractivity (Wildman–Crippen MR) is 163 cm³/mol. The Morgan fingerprint density at radius 1 is 1.15 bits per heavy atom. The number of amidine groups is 1. The molecule has 7 nitrogen and oxygen atoms in total. The number of β-lactam (4-membered cyclic amide) rings is 1. The van der Waals surface area contributed by atoms with Gasteiger partial charge in [-0.15, -0.1) is 11.3 Å². The Kier molecular flexibility index (Phi) is 6.76. The number of carboxylic acids is 1. The molecule has 3 heterocycles. The summed E-state index contributed by atoms with van der Waals surface area (Å²) in [5, 5.41) is 11.7. The molecule has 0 saturated carbocycles. The van der Waals surface area contributed by atoms with Crippen molar-refractivity contribution in [3.63, 3.8) is 0 Å². The molecular weight excluding hydrogens is 558 g/mol. The summed E-state index contributed by atoms with van der Waals surface area (Å²) in [5.41, 5.74) is 6.06. The molecule has 4 aromatic rings. The molecule has 2 atom stereocenters. The third-order valence-corrected chi connectivity index (χ3v) is 8.82. The molecule has 1 aromatic heterocycles. The number of benzene rings is 3. The highest BCUT2D eigenvalue weighted by molar-refractivity contribution is 7.22. The minimum absolute atomic E-state index is 0.0182. The third kappa shape index (κ3) is 4.94. The van der Waals surface area contributed by atoms with Crippen molar-refractivity contribution in [2.45, 2.75) is 58.8 Å². The van der Waals surface area contributed by atoms with Gasteiger partial charge in [0.2, 0.25) is 5.91 Å². The molecule has 1 N–H and O–H groups in total. The van der Waals surface area contributed by atoms with Crippen molar-refractivity contribution in [3.05, 3.63) is 75.8 Å². The van der Waals surface area contributed by atoms with Crippen LogP contribution in [0.5, 0.6) is 0 Å². The van der Waals surface area contributed by atoms with Crippen LogP contribution < -0.4 is 0 Å². The molecule has 1 unspecified atom stereocenters. The average molecular weight is 588 g/mol. The molecule has 1 fully saturated rings. The zero-order valence-corrected chi connectivity index (χ0v) is 25.1. The number of aliphatic carboxylic acids is 1. The number of likely N-dealkylation sites (tertiary alicyclic amines) is 1. The van der Waals surface area contributed by atoms with Gasteiger partial charge in [0.25, 0.3) is 0 Å². The van der Waals surface area contributed by atoms with Crippen LogP contribution in [0.4, 0.5) is 0 Å². The van der Waals surface area contributed by atoms with Gasteiger partial charge < -0.3 is 9.84 Å². The maximum absolute atomic E-state index is 12.6. The van der Waals surface area contributed by atoms with Gasteiger partial charge in [0, 0.05) is 40.2 Å². The number of halogens is 1. The van der Waals surface area contributed by atoms with E-state index in [4.69, 9.17) is 26.3 Å². The van der Waals surface area contributed by atoms with Crippen molar-refractivity contribution in [1.29, 1.82) is 0 Å². The fourth-order valence-corrected chi connectivity index (χ4v) is 6.73. The molecule has 210 valence electrons. The van der Waals surface area contributed by atoms with Crippen molar-refractivity contribution >= 4 is 50.9 Å². The van der Waals surface area contributed by atoms with Gasteiger partial charge in [-0.3, -0.25) is 14.7 Å². The third-order valence-electron chi connectivity index (χ3n) is 7.43. The Hall–Kier alpha value is -3.59. The number of amides is 1. The van der Waals surface area contributed by atoms with E-state index in [9.17, 15) is 14.7 Å². The molecule has 2 aliphatic heterocycles. The normalized spacial score (nSPS) is 17.4. The SMILES string of the molecule is Cc1cc2nc(-c3ccc4c(c3)C(N3CCC3=O)=NC4C)sc2c(-c2ccc(Cl)cc2)c1[C@H](OC(C)(C)C)C(=O)O. The summed E-state index contributed by atoms with van der Waals surface area (Å²) in [6.45, 7) is 10.2. The number of carbonyl (C=O) groups is 2. The second-order valence-corrected chi connectivity index (χ2v) is 13.0. The molecule has 2 aliphatic rings. The van der Waals surface area contributed by atoms with Crippen LogP contribution in [0.1, 0.15) is 68.5 Å². The van der Waals surface area contributed by atoms with E-state index in [1.54, 1.807) is 17.0 Å². The number of hydrogen-bond acceptors (Lipinski definition) is 6. The molecule has 3 aromatic carbocycles. The van der Waals surface area contributed by atoms with Gasteiger partial charge in [-0.05, 0) is 75.6 Å². The minimum Gasteiger partial charge on any atom is -0.479 e. The molecule has 41 heavy (non-hydrogen) atoms. The lowest BCUT2D eigenvalue weighted by atomic mass is 9.91. The number of hydrogen-bond donors (Lipinski definition) is 1. The van der Waals surface area contributed by atoms with Crippen molar-refractivity contribution in [1.82, 2.24) is 9.88 Å². The Morgan fingerprint density at radius 2 is 1.85 bits per heavy atom. The monoisotopic (exact) mass is 587 g/mol. The summed E-state index contributed by atoms with van der Waals surface area (Å²) < 4.78 is 6.99. The molecule has 0 aliphatic carbocycles.